The molecular formula is C12H22N2O3. The first-order valence-electron chi connectivity index (χ1n) is 6.50. The zero-order valence-corrected chi connectivity index (χ0v) is 10.3. The van der Waals surface area contributed by atoms with E-state index in [9.17, 15) is 15.0 Å². The molecule has 2 aliphatic heterocycles. The highest BCUT2D eigenvalue weighted by Gasteiger charge is 2.36. The molecule has 5 nitrogen and oxygen atoms in total. The summed E-state index contributed by atoms with van der Waals surface area (Å²) in [5.41, 5.74) is 0. The highest BCUT2D eigenvalue weighted by atomic mass is 16.3. The van der Waals surface area contributed by atoms with Gasteiger partial charge in [0, 0.05) is 13.1 Å². The van der Waals surface area contributed by atoms with Crippen molar-refractivity contribution >= 4 is 5.91 Å². The minimum Gasteiger partial charge on any atom is -0.388 e. The van der Waals surface area contributed by atoms with Gasteiger partial charge in [0.2, 0.25) is 5.91 Å². The largest absolute Gasteiger partial charge is 0.388 e. The van der Waals surface area contributed by atoms with Gasteiger partial charge in [-0.15, -0.1) is 0 Å². The first-order valence-corrected chi connectivity index (χ1v) is 6.50. The van der Waals surface area contributed by atoms with Crippen molar-refractivity contribution in [1.29, 1.82) is 0 Å². The molecule has 2 fully saturated rings. The van der Waals surface area contributed by atoms with Crippen molar-refractivity contribution in [2.24, 2.45) is 5.92 Å². The maximum atomic E-state index is 12.2. The van der Waals surface area contributed by atoms with Gasteiger partial charge in [-0.25, -0.2) is 0 Å². The molecular weight excluding hydrogens is 220 g/mol. The lowest BCUT2D eigenvalue weighted by Gasteiger charge is -2.31. The van der Waals surface area contributed by atoms with Gasteiger partial charge in [-0.1, -0.05) is 13.3 Å². The minimum atomic E-state index is -0.787. The molecule has 2 aliphatic rings. The molecule has 4 atom stereocenters. The molecule has 2 unspecified atom stereocenters. The first-order chi connectivity index (χ1) is 8.11. The molecule has 5 heteroatoms. The summed E-state index contributed by atoms with van der Waals surface area (Å²) in [6, 6.07) is -0.133. The Kier molecular flexibility index (Phi) is 4.01. The van der Waals surface area contributed by atoms with Crippen LogP contribution in [0, 0.1) is 5.92 Å². The van der Waals surface area contributed by atoms with Gasteiger partial charge in [-0.2, -0.15) is 0 Å². The highest BCUT2D eigenvalue weighted by molar-refractivity contribution is 5.82. The summed E-state index contributed by atoms with van der Waals surface area (Å²) in [4.78, 5) is 13.8. The Morgan fingerprint density at radius 1 is 1.35 bits per heavy atom. The quantitative estimate of drug-likeness (QED) is 0.600. The van der Waals surface area contributed by atoms with Crippen molar-refractivity contribution in [2.45, 2.75) is 44.4 Å². The molecule has 1 amide bonds. The summed E-state index contributed by atoms with van der Waals surface area (Å²) in [5, 5.41) is 22.1. The fourth-order valence-electron chi connectivity index (χ4n) is 2.72. The standard InChI is InChI=1S/C12H22N2O3/c1-2-8-3-4-13-9(5-8)12(17)14-6-10(15)11(16)7-14/h8-11,13,15-16H,2-7H2,1H3/t8?,9?,10-,11+. The molecule has 0 aromatic carbocycles. The lowest BCUT2D eigenvalue weighted by molar-refractivity contribution is -0.134. The molecule has 3 N–H and O–H groups in total. The Hall–Kier alpha value is -0.650. The van der Waals surface area contributed by atoms with Crippen molar-refractivity contribution in [1.82, 2.24) is 10.2 Å². The zero-order chi connectivity index (χ0) is 12.4. The molecule has 0 aromatic rings. The van der Waals surface area contributed by atoms with Crippen LogP contribution in [0.1, 0.15) is 26.2 Å². The second-order valence-corrected chi connectivity index (χ2v) is 5.18. The van der Waals surface area contributed by atoms with Crippen LogP contribution in [0.2, 0.25) is 0 Å². The third-order valence-electron chi connectivity index (χ3n) is 3.96. The second kappa shape index (κ2) is 5.33. The summed E-state index contributed by atoms with van der Waals surface area (Å²) >= 11 is 0. The van der Waals surface area contributed by atoms with Crippen molar-refractivity contribution in [3.8, 4) is 0 Å². The van der Waals surface area contributed by atoms with Crippen LogP contribution >= 0.6 is 0 Å². The number of aliphatic hydroxyl groups is 2. The summed E-state index contributed by atoms with van der Waals surface area (Å²) in [5.74, 6) is 0.640. The van der Waals surface area contributed by atoms with Crippen LogP contribution in [0.15, 0.2) is 0 Å². The van der Waals surface area contributed by atoms with Crippen LogP contribution in [0.25, 0.3) is 0 Å². The summed E-state index contributed by atoms with van der Waals surface area (Å²) in [6.45, 7) is 3.55. The normalized spacial score (nSPS) is 38.4. The molecule has 2 saturated heterocycles. The number of carbonyl (C=O) groups is 1. The van der Waals surface area contributed by atoms with Crippen molar-refractivity contribution < 1.29 is 15.0 Å². The molecule has 0 aromatic heterocycles. The van der Waals surface area contributed by atoms with E-state index in [1.807, 2.05) is 0 Å². The fourth-order valence-corrected chi connectivity index (χ4v) is 2.72. The van der Waals surface area contributed by atoms with Crippen molar-refractivity contribution in [3.05, 3.63) is 0 Å². The van der Waals surface area contributed by atoms with E-state index in [-0.39, 0.29) is 25.0 Å². The maximum Gasteiger partial charge on any atom is 0.239 e. The van der Waals surface area contributed by atoms with Crippen molar-refractivity contribution in [2.75, 3.05) is 19.6 Å². The predicted octanol–water partition coefficient (Wildman–Crippen LogP) is -0.671. The van der Waals surface area contributed by atoms with Crippen LogP contribution in [0.4, 0.5) is 0 Å². The third kappa shape index (κ3) is 2.78. The lowest BCUT2D eigenvalue weighted by atomic mass is 9.90. The SMILES string of the molecule is CCC1CCNC(C(=O)N2C[C@@H](O)[C@@H](O)C2)C1. The topological polar surface area (TPSA) is 72.8 Å². The molecule has 0 bridgehead atoms. The second-order valence-electron chi connectivity index (χ2n) is 5.18. The molecule has 0 radical (unpaired) electrons. The number of rotatable bonds is 2. The van der Waals surface area contributed by atoms with E-state index in [4.69, 9.17) is 0 Å². The number of carbonyl (C=O) groups excluding carboxylic acids is 1. The van der Waals surface area contributed by atoms with E-state index in [2.05, 4.69) is 12.2 Å². The Labute approximate surface area is 102 Å². The molecule has 0 saturated carbocycles. The van der Waals surface area contributed by atoms with E-state index in [1.165, 1.54) is 0 Å². The molecule has 98 valence electrons. The fraction of sp³-hybridized carbons (Fsp3) is 0.917. The van der Waals surface area contributed by atoms with Gasteiger partial charge in [-0.05, 0) is 25.3 Å². The maximum absolute atomic E-state index is 12.2. The van der Waals surface area contributed by atoms with Crippen LogP contribution in [0.5, 0.6) is 0 Å². The summed E-state index contributed by atoms with van der Waals surface area (Å²) in [6.07, 6.45) is 1.54. The first kappa shape index (κ1) is 12.8. The monoisotopic (exact) mass is 242 g/mol. The van der Waals surface area contributed by atoms with Crippen LogP contribution < -0.4 is 5.32 Å². The van der Waals surface area contributed by atoms with E-state index in [1.54, 1.807) is 4.90 Å². The van der Waals surface area contributed by atoms with Crippen LogP contribution in [-0.4, -0.2) is 58.9 Å². The number of hydrogen-bond donors (Lipinski definition) is 3. The third-order valence-corrected chi connectivity index (χ3v) is 3.96. The number of likely N-dealkylation sites (tertiary alicyclic amines) is 1. The molecule has 0 aliphatic carbocycles. The van der Waals surface area contributed by atoms with Gasteiger partial charge >= 0.3 is 0 Å². The van der Waals surface area contributed by atoms with E-state index in [0.29, 0.717) is 5.92 Å². The van der Waals surface area contributed by atoms with E-state index in [0.717, 1.165) is 25.8 Å². The molecule has 0 spiro atoms. The smallest absolute Gasteiger partial charge is 0.239 e. The molecule has 2 rings (SSSR count). The van der Waals surface area contributed by atoms with E-state index >= 15 is 0 Å². The molecule has 17 heavy (non-hydrogen) atoms. The summed E-state index contributed by atoms with van der Waals surface area (Å²) < 4.78 is 0. The zero-order valence-electron chi connectivity index (χ0n) is 10.3. The highest BCUT2D eigenvalue weighted by Crippen LogP contribution is 2.21. The number of piperidine rings is 1. The number of nitrogens with one attached hydrogen (secondary N) is 1. The van der Waals surface area contributed by atoms with Crippen LogP contribution in [0.3, 0.4) is 0 Å². The number of aliphatic hydroxyl groups excluding tert-OH is 2. The number of nitrogens with zero attached hydrogens (tertiary/aromatic N) is 1. The van der Waals surface area contributed by atoms with Gasteiger partial charge in [-0.3, -0.25) is 4.79 Å². The van der Waals surface area contributed by atoms with Gasteiger partial charge in [0.25, 0.3) is 0 Å². The Bertz CT molecular complexity index is 275. The molecule has 2 heterocycles. The van der Waals surface area contributed by atoms with Gasteiger partial charge in [0.05, 0.1) is 18.2 Å². The lowest BCUT2D eigenvalue weighted by Crippen LogP contribution is -2.50. The van der Waals surface area contributed by atoms with E-state index < -0.39 is 12.2 Å². The van der Waals surface area contributed by atoms with Gasteiger partial charge in [0.15, 0.2) is 0 Å². The predicted molar refractivity (Wildman–Crippen MR) is 63.4 cm³/mol. The Morgan fingerprint density at radius 3 is 2.59 bits per heavy atom. The number of amides is 1. The average molecular weight is 242 g/mol. The van der Waals surface area contributed by atoms with Gasteiger partial charge < -0.3 is 20.4 Å². The van der Waals surface area contributed by atoms with Crippen LogP contribution in [-0.2, 0) is 4.79 Å². The Morgan fingerprint density at radius 2 is 2.00 bits per heavy atom. The van der Waals surface area contributed by atoms with Gasteiger partial charge in [0.1, 0.15) is 0 Å². The number of β-amino-alcohol motifs (C(OH)–C–C–N with tert-alkyl or cyclic N) is 2. The summed E-state index contributed by atoms with van der Waals surface area (Å²) in [7, 11) is 0. The Balaban J connectivity index is 1.91. The minimum absolute atomic E-state index is 0.0266. The number of hydrogen-bond acceptors (Lipinski definition) is 4. The average Bonchev–Trinajstić information content (AvgIpc) is 2.69. The van der Waals surface area contributed by atoms with Crippen molar-refractivity contribution in [3.63, 3.8) is 0 Å².